The van der Waals surface area contributed by atoms with Crippen LogP contribution in [0.3, 0.4) is 0 Å². The van der Waals surface area contributed by atoms with Crippen LogP contribution in [0, 0.1) is 11.3 Å². The summed E-state index contributed by atoms with van der Waals surface area (Å²) >= 11 is 0. The molecule has 0 fully saturated rings. The molecule has 0 unspecified atom stereocenters. The lowest BCUT2D eigenvalue weighted by molar-refractivity contribution is -0.148. The van der Waals surface area contributed by atoms with E-state index in [1.807, 2.05) is 36.4 Å². The fraction of sp³-hybridized carbons (Fsp3) is 0.419. The van der Waals surface area contributed by atoms with Crippen molar-refractivity contribution in [1.29, 1.82) is 5.26 Å². The summed E-state index contributed by atoms with van der Waals surface area (Å²) in [7, 11) is 0. The Balaban J connectivity index is 1.46. The van der Waals surface area contributed by atoms with Gasteiger partial charge in [0, 0.05) is 19.3 Å². The third kappa shape index (κ3) is 11.6. The van der Waals surface area contributed by atoms with Crippen LogP contribution in [0.15, 0.2) is 73.8 Å². The van der Waals surface area contributed by atoms with Crippen LogP contribution in [0.4, 0.5) is 0 Å². The molecule has 0 saturated heterocycles. The molecular weight excluding hydrogens is 434 g/mol. The van der Waals surface area contributed by atoms with Crippen molar-refractivity contribution in [2.45, 2.75) is 76.7 Å². The molecule has 0 atom stereocenters. The zero-order chi connectivity index (χ0) is 25.1. The van der Waals surface area contributed by atoms with Gasteiger partial charge in [0.1, 0.15) is 11.9 Å². The first-order valence-electron chi connectivity index (χ1n) is 12.8. The van der Waals surface area contributed by atoms with Crippen molar-refractivity contribution in [3.63, 3.8) is 0 Å². The van der Waals surface area contributed by atoms with E-state index in [2.05, 4.69) is 31.4 Å². The minimum Gasteiger partial charge on any atom is -0.494 e. The molecule has 0 radical (unpaired) electrons. The largest absolute Gasteiger partial charge is 0.494 e. The molecule has 0 aliphatic carbocycles. The molecule has 0 heterocycles. The van der Waals surface area contributed by atoms with E-state index >= 15 is 0 Å². The van der Waals surface area contributed by atoms with Crippen LogP contribution in [0.1, 0.15) is 76.2 Å². The number of esters is 1. The number of hydrogen-bond donors (Lipinski definition) is 0. The molecule has 186 valence electrons. The lowest BCUT2D eigenvalue weighted by atomic mass is 10.0. The Morgan fingerprint density at radius 3 is 1.86 bits per heavy atom. The van der Waals surface area contributed by atoms with Gasteiger partial charge in [-0.15, -0.1) is 13.2 Å². The van der Waals surface area contributed by atoms with E-state index in [4.69, 9.17) is 14.7 Å². The number of hydrogen-bond acceptors (Lipinski definition) is 4. The normalized spacial score (nSPS) is 10.5. The summed E-state index contributed by atoms with van der Waals surface area (Å²) in [5.74, 6) is 0.781. The second-order valence-corrected chi connectivity index (χ2v) is 8.80. The Kier molecular flexibility index (Phi) is 13.7. The van der Waals surface area contributed by atoms with Crippen molar-refractivity contribution >= 4 is 5.97 Å². The molecule has 2 aromatic rings. The Bertz CT molecular complexity index is 915. The lowest BCUT2D eigenvalue weighted by Crippen LogP contribution is -2.16. The topological polar surface area (TPSA) is 59.3 Å². The molecule has 35 heavy (non-hydrogen) atoms. The van der Waals surface area contributed by atoms with Crippen molar-refractivity contribution in [2.24, 2.45) is 0 Å². The number of nitrogens with zero attached hydrogens (tertiary/aromatic N) is 1. The highest BCUT2D eigenvalue weighted by molar-refractivity contribution is 5.69. The van der Waals surface area contributed by atoms with Gasteiger partial charge in [-0.25, -0.2) is 0 Å². The quantitative estimate of drug-likeness (QED) is 0.124. The van der Waals surface area contributed by atoms with Gasteiger partial charge in [-0.05, 0) is 48.2 Å². The number of carbonyl (C=O) groups is 1. The van der Waals surface area contributed by atoms with E-state index in [1.165, 1.54) is 25.7 Å². The van der Waals surface area contributed by atoms with Gasteiger partial charge >= 0.3 is 5.97 Å². The van der Waals surface area contributed by atoms with Crippen molar-refractivity contribution < 1.29 is 14.3 Å². The molecular formula is C31H39NO3. The fourth-order valence-corrected chi connectivity index (χ4v) is 3.91. The van der Waals surface area contributed by atoms with Crippen molar-refractivity contribution in [1.82, 2.24) is 0 Å². The summed E-state index contributed by atoms with van der Waals surface area (Å²) in [5.41, 5.74) is 2.88. The lowest BCUT2D eigenvalue weighted by Gasteiger charge is -2.14. The van der Waals surface area contributed by atoms with Crippen molar-refractivity contribution in [3.8, 4) is 22.9 Å². The van der Waals surface area contributed by atoms with E-state index < -0.39 is 0 Å². The molecule has 4 heteroatoms. The highest BCUT2D eigenvalue weighted by atomic mass is 16.5. The first kappa shape index (κ1) is 27.9. The Labute approximate surface area is 211 Å². The van der Waals surface area contributed by atoms with Crippen LogP contribution in [-0.2, 0) is 9.53 Å². The van der Waals surface area contributed by atoms with Crippen LogP contribution in [-0.4, -0.2) is 18.7 Å². The fourth-order valence-electron chi connectivity index (χ4n) is 3.91. The van der Waals surface area contributed by atoms with Crippen LogP contribution < -0.4 is 4.74 Å². The minimum atomic E-state index is -0.116. The number of rotatable bonds is 18. The first-order chi connectivity index (χ1) is 17.2. The SMILES string of the molecule is C=CCC(CC=C)OC(=O)CCCCCCCCCCOc1ccc(-c2ccc(C#N)cc2)cc1. The highest BCUT2D eigenvalue weighted by Crippen LogP contribution is 2.23. The zero-order valence-electron chi connectivity index (χ0n) is 20.9. The molecule has 0 aliphatic rings. The van der Waals surface area contributed by atoms with Crippen molar-refractivity contribution in [3.05, 3.63) is 79.4 Å². The van der Waals surface area contributed by atoms with Gasteiger partial charge in [0.25, 0.3) is 0 Å². The molecule has 2 aromatic carbocycles. The minimum absolute atomic E-state index is 0.109. The van der Waals surface area contributed by atoms with Crippen LogP contribution in [0.25, 0.3) is 11.1 Å². The second kappa shape index (κ2) is 17.2. The smallest absolute Gasteiger partial charge is 0.306 e. The molecule has 4 nitrogen and oxygen atoms in total. The number of nitriles is 1. The third-order valence-electron chi connectivity index (χ3n) is 5.90. The zero-order valence-corrected chi connectivity index (χ0v) is 20.9. The van der Waals surface area contributed by atoms with Crippen LogP contribution in [0.2, 0.25) is 0 Å². The molecule has 0 spiro atoms. The Hall–Kier alpha value is -3.32. The molecule has 0 aromatic heterocycles. The highest BCUT2D eigenvalue weighted by Gasteiger charge is 2.11. The van der Waals surface area contributed by atoms with Gasteiger partial charge in [-0.3, -0.25) is 4.79 Å². The second-order valence-electron chi connectivity index (χ2n) is 8.80. The van der Waals surface area contributed by atoms with E-state index in [9.17, 15) is 4.79 Å². The molecule has 0 bridgehead atoms. The number of benzene rings is 2. The summed E-state index contributed by atoms with van der Waals surface area (Å²) in [6.07, 6.45) is 14.3. The number of carbonyl (C=O) groups excluding carboxylic acids is 1. The maximum absolute atomic E-state index is 11.9. The van der Waals surface area contributed by atoms with E-state index in [0.717, 1.165) is 49.2 Å². The van der Waals surface area contributed by atoms with Crippen molar-refractivity contribution in [2.75, 3.05) is 6.61 Å². The van der Waals surface area contributed by atoms with Crippen LogP contribution >= 0.6 is 0 Å². The monoisotopic (exact) mass is 473 g/mol. The summed E-state index contributed by atoms with van der Waals surface area (Å²) in [6, 6.07) is 17.9. The average Bonchev–Trinajstić information content (AvgIpc) is 2.88. The maximum Gasteiger partial charge on any atom is 0.306 e. The van der Waals surface area contributed by atoms with Gasteiger partial charge in [-0.1, -0.05) is 74.9 Å². The maximum atomic E-state index is 11.9. The summed E-state index contributed by atoms with van der Waals surface area (Å²) < 4.78 is 11.4. The first-order valence-corrected chi connectivity index (χ1v) is 12.8. The Morgan fingerprint density at radius 2 is 1.31 bits per heavy atom. The van der Waals surface area contributed by atoms with Gasteiger partial charge in [0.15, 0.2) is 0 Å². The van der Waals surface area contributed by atoms with E-state index in [1.54, 1.807) is 12.2 Å². The molecule has 0 N–H and O–H groups in total. The molecule has 0 aliphatic heterocycles. The number of ether oxygens (including phenoxy) is 2. The van der Waals surface area contributed by atoms with Gasteiger partial charge in [0.05, 0.1) is 18.2 Å². The molecule has 0 amide bonds. The summed E-state index contributed by atoms with van der Waals surface area (Å²) in [4.78, 5) is 11.9. The number of unbranched alkanes of at least 4 members (excludes halogenated alkanes) is 7. The van der Waals surface area contributed by atoms with Gasteiger partial charge in [0.2, 0.25) is 0 Å². The predicted octanol–water partition coefficient (Wildman–Crippen LogP) is 8.18. The molecule has 2 rings (SSSR count). The Morgan fingerprint density at radius 1 is 0.800 bits per heavy atom. The van der Waals surface area contributed by atoms with E-state index in [0.29, 0.717) is 24.8 Å². The summed E-state index contributed by atoms with van der Waals surface area (Å²) in [6.45, 7) is 8.15. The average molecular weight is 474 g/mol. The van der Waals surface area contributed by atoms with E-state index in [-0.39, 0.29) is 12.1 Å². The predicted molar refractivity (Wildman–Crippen MR) is 143 cm³/mol. The summed E-state index contributed by atoms with van der Waals surface area (Å²) in [5, 5.41) is 8.91. The van der Waals surface area contributed by atoms with Crippen LogP contribution in [0.5, 0.6) is 5.75 Å². The van der Waals surface area contributed by atoms with Gasteiger partial charge < -0.3 is 9.47 Å². The standard InChI is InChI=1S/C31H39NO3/c1-3-13-30(14-4-2)35-31(33)15-11-9-7-5-6-8-10-12-24-34-29-22-20-28(21-23-29)27-18-16-26(25-32)17-19-27/h3-4,16-23,30H,1-2,5-15,24H2. The third-order valence-corrected chi connectivity index (χ3v) is 5.90. The molecule has 0 saturated carbocycles. The van der Waals surface area contributed by atoms with Gasteiger partial charge in [-0.2, -0.15) is 5.26 Å².